The average Bonchev–Trinajstić information content (AvgIpc) is 2.95. The summed E-state index contributed by atoms with van der Waals surface area (Å²) < 4.78 is 5.33. The number of hydrogen-bond donors (Lipinski definition) is 2. The fraction of sp³-hybridized carbons (Fsp3) is 0.529. The zero-order valence-electron chi connectivity index (χ0n) is 12.6. The number of hydrogen-bond acceptors (Lipinski definition) is 4. The Balaban J connectivity index is 1.72. The van der Waals surface area contributed by atoms with E-state index in [9.17, 15) is 14.7 Å². The van der Waals surface area contributed by atoms with E-state index < -0.39 is 0 Å². The molecule has 0 aromatic heterocycles. The van der Waals surface area contributed by atoms with E-state index in [2.05, 4.69) is 5.32 Å². The first-order chi connectivity index (χ1) is 10.7. The molecule has 0 saturated carbocycles. The smallest absolute Gasteiger partial charge is 0.251 e. The third-order valence-electron chi connectivity index (χ3n) is 4.84. The highest BCUT2D eigenvalue weighted by Crippen LogP contribution is 2.30. The van der Waals surface area contributed by atoms with Gasteiger partial charge in [0.05, 0.1) is 6.61 Å². The van der Waals surface area contributed by atoms with Crippen molar-refractivity contribution >= 4 is 11.7 Å². The Labute approximate surface area is 129 Å². The van der Waals surface area contributed by atoms with Crippen LogP contribution in [0.4, 0.5) is 0 Å². The molecule has 2 N–H and O–H groups in total. The molecule has 1 heterocycles. The van der Waals surface area contributed by atoms with Crippen LogP contribution in [-0.4, -0.2) is 43.2 Å². The molecule has 0 bridgehead atoms. The van der Waals surface area contributed by atoms with Crippen molar-refractivity contribution in [3.63, 3.8) is 0 Å². The predicted octanol–water partition coefficient (Wildman–Crippen LogP) is 1.33. The number of fused-ring (bicyclic) bond motifs is 1. The summed E-state index contributed by atoms with van der Waals surface area (Å²) in [5.74, 6) is -0.0493. The largest absolute Gasteiger partial charge is 0.396 e. The van der Waals surface area contributed by atoms with Crippen molar-refractivity contribution in [2.75, 3.05) is 26.4 Å². The Morgan fingerprint density at radius 2 is 2.05 bits per heavy atom. The molecule has 1 aromatic carbocycles. The molecule has 0 spiro atoms. The monoisotopic (exact) mass is 303 g/mol. The van der Waals surface area contributed by atoms with Crippen molar-refractivity contribution in [3.05, 3.63) is 34.9 Å². The van der Waals surface area contributed by atoms with Crippen molar-refractivity contribution in [2.45, 2.75) is 25.7 Å². The van der Waals surface area contributed by atoms with Crippen LogP contribution in [0.2, 0.25) is 0 Å². The highest BCUT2D eigenvalue weighted by Gasteiger charge is 2.33. The first-order valence-electron chi connectivity index (χ1n) is 7.77. The molecule has 5 heteroatoms. The van der Waals surface area contributed by atoms with Crippen LogP contribution in [0.25, 0.3) is 0 Å². The highest BCUT2D eigenvalue weighted by molar-refractivity contribution is 6.05. The van der Waals surface area contributed by atoms with Gasteiger partial charge in [0, 0.05) is 42.7 Å². The molecule has 1 aliphatic heterocycles. The van der Waals surface area contributed by atoms with E-state index in [1.165, 1.54) is 0 Å². The van der Waals surface area contributed by atoms with E-state index in [-0.39, 0.29) is 23.7 Å². The Bertz CT molecular complexity index is 590. The van der Waals surface area contributed by atoms with Crippen molar-refractivity contribution < 1.29 is 19.4 Å². The molecule has 5 nitrogen and oxygen atoms in total. The van der Waals surface area contributed by atoms with Gasteiger partial charge in [-0.2, -0.15) is 0 Å². The van der Waals surface area contributed by atoms with Gasteiger partial charge in [0.1, 0.15) is 0 Å². The average molecular weight is 303 g/mol. The molecule has 1 amide bonds. The molecule has 0 radical (unpaired) electrons. The molecule has 1 aromatic rings. The minimum Gasteiger partial charge on any atom is -0.396 e. The van der Waals surface area contributed by atoms with Crippen LogP contribution < -0.4 is 5.32 Å². The maximum absolute atomic E-state index is 12.5. The van der Waals surface area contributed by atoms with Gasteiger partial charge in [0.15, 0.2) is 5.78 Å². The van der Waals surface area contributed by atoms with Gasteiger partial charge in [-0.3, -0.25) is 9.59 Å². The molecule has 2 aliphatic rings. The van der Waals surface area contributed by atoms with Gasteiger partial charge < -0.3 is 15.2 Å². The van der Waals surface area contributed by atoms with Gasteiger partial charge in [0.2, 0.25) is 0 Å². The summed E-state index contributed by atoms with van der Waals surface area (Å²) in [6, 6.07) is 5.31. The minimum atomic E-state index is -0.290. The summed E-state index contributed by atoms with van der Waals surface area (Å²) >= 11 is 0. The summed E-state index contributed by atoms with van der Waals surface area (Å²) in [7, 11) is 0. The molecule has 1 fully saturated rings. The number of aliphatic hydroxyl groups is 1. The number of rotatable bonds is 4. The van der Waals surface area contributed by atoms with Gasteiger partial charge in [-0.25, -0.2) is 0 Å². The van der Waals surface area contributed by atoms with Crippen molar-refractivity contribution in [2.24, 2.45) is 5.41 Å². The molecule has 1 aliphatic carbocycles. The maximum atomic E-state index is 12.5. The lowest BCUT2D eigenvalue weighted by atomic mass is 9.81. The van der Waals surface area contributed by atoms with E-state index >= 15 is 0 Å². The SMILES string of the molecule is O=C1CCc2c1cccc2C(=O)NCC1(CO)CCOCC1. The molecule has 0 unspecified atom stereocenters. The van der Waals surface area contributed by atoms with Gasteiger partial charge in [0.25, 0.3) is 5.91 Å². The topological polar surface area (TPSA) is 75.6 Å². The lowest BCUT2D eigenvalue weighted by Gasteiger charge is -2.35. The molecule has 1 saturated heterocycles. The lowest BCUT2D eigenvalue weighted by molar-refractivity contribution is -0.0146. The number of Topliss-reactive ketones (excluding diaryl/α,β-unsaturated/α-hetero) is 1. The van der Waals surface area contributed by atoms with Gasteiger partial charge in [-0.05, 0) is 30.9 Å². The van der Waals surface area contributed by atoms with Crippen LogP contribution in [0.1, 0.15) is 45.5 Å². The standard InChI is InChI=1S/C17H21NO4/c19-11-17(6-8-22-9-7-17)10-18-16(21)14-3-1-2-13-12(14)4-5-15(13)20/h1-3,19H,4-11H2,(H,18,21). The summed E-state index contributed by atoms with van der Waals surface area (Å²) in [6.45, 7) is 1.71. The van der Waals surface area contributed by atoms with Crippen molar-refractivity contribution in [1.29, 1.82) is 0 Å². The summed E-state index contributed by atoms with van der Waals surface area (Å²) in [4.78, 5) is 24.2. The third kappa shape index (κ3) is 2.78. The molecule has 118 valence electrons. The van der Waals surface area contributed by atoms with Crippen molar-refractivity contribution in [1.82, 2.24) is 5.32 Å². The van der Waals surface area contributed by atoms with Crippen LogP contribution in [0, 0.1) is 5.41 Å². The fourth-order valence-corrected chi connectivity index (χ4v) is 3.26. The number of nitrogens with one attached hydrogen (secondary N) is 1. The van der Waals surface area contributed by atoms with E-state index in [0.717, 1.165) is 18.4 Å². The van der Waals surface area contributed by atoms with Crippen molar-refractivity contribution in [3.8, 4) is 0 Å². The van der Waals surface area contributed by atoms with E-state index in [0.29, 0.717) is 43.7 Å². The lowest BCUT2D eigenvalue weighted by Crippen LogP contribution is -2.43. The first-order valence-corrected chi connectivity index (χ1v) is 7.77. The molecule has 0 atom stereocenters. The Morgan fingerprint density at radius 3 is 2.77 bits per heavy atom. The van der Waals surface area contributed by atoms with E-state index in [1.807, 2.05) is 0 Å². The summed E-state index contributed by atoms with van der Waals surface area (Å²) in [5.41, 5.74) is 1.83. The maximum Gasteiger partial charge on any atom is 0.251 e. The minimum absolute atomic E-state index is 0.0437. The highest BCUT2D eigenvalue weighted by atomic mass is 16.5. The Morgan fingerprint density at radius 1 is 1.27 bits per heavy atom. The number of aliphatic hydroxyl groups excluding tert-OH is 1. The molecular formula is C17H21NO4. The second kappa shape index (κ2) is 6.18. The first kappa shape index (κ1) is 15.2. The number of carbonyl (C=O) groups excluding carboxylic acids is 2. The normalized spacial score (nSPS) is 19.8. The van der Waals surface area contributed by atoms with Crippen LogP contribution in [-0.2, 0) is 11.2 Å². The predicted molar refractivity (Wildman–Crippen MR) is 81.0 cm³/mol. The molecule has 22 heavy (non-hydrogen) atoms. The van der Waals surface area contributed by atoms with Crippen LogP contribution >= 0.6 is 0 Å². The Kier molecular flexibility index (Phi) is 4.27. The number of ether oxygens (including phenoxy) is 1. The van der Waals surface area contributed by atoms with Crippen LogP contribution in [0.15, 0.2) is 18.2 Å². The number of ketones is 1. The fourth-order valence-electron chi connectivity index (χ4n) is 3.26. The Hall–Kier alpha value is -1.72. The zero-order chi connectivity index (χ0) is 15.6. The van der Waals surface area contributed by atoms with E-state index in [4.69, 9.17) is 4.74 Å². The summed E-state index contributed by atoms with van der Waals surface area (Å²) in [5, 5.41) is 12.6. The van der Waals surface area contributed by atoms with Gasteiger partial charge >= 0.3 is 0 Å². The molecular weight excluding hydrogens is 282 g/mol. The third-order valence-corrected chi connectivity index (χ3v) is 4.84. The van der Waals surface area contributed by atoms with Gasteiger partial charge in [-0.1, -0.05) is 12.1 Å². The second-order valence-electron chi connectivity index (χ2n) is 6.21. The zero-order valence-corrected chi connectivity index (χ0v) is 12.6. The van der Waals surface area contributed by atoms with E-state index in [1.54, 1.807) is 18.2 Å². The van der Waals surface area contributed by atoms with Crippen LogP contribution in [0.3, 0.4) is 0 Å². The second-order valence-corrected chi connectivity index (χ2v) is 6.21. The number of amides is 1. The summed E-state index contributed by atoms with van der Waals surface area (Å²) in [6.07, 6.45) is 2.61. The number of carbonyl (C=O) groups is 2. The number of benzene rings is 1. The quantitative estimate of drug-likeness (QED) is 0.880. The van der Waals surface area contributed by atoms with Crippen LogP contribution in [0.5, 0.6) is 0 Å². The molecule has 3 rings (SSSR count). The van der Waals surface area contributed by atoms with Gasteiger partial charge in [-0.15, -0.1) is 0 Å².